The monoisotopic (exact) mass is 404 g/mol. The van der Waals surface area contributed by atoms with Crippen LogP contribution < -0.4 is 10.6 Å². The van der Waals surface area contributed by atoms with E-state index < -0.39 is 0 Å². The van der Waals surface area contributed by atoms with Gasteiger partial charge < -0.3 is 15.2 Å². The molecule has 0 spiro atoms. The first-order valence-electron chi connectivity index (χ1n) is 10.8. The summed E-state index contributed by atoms with van der Waals surface area (Å²) < 4.78 is 2.08. The third kappa shape index (κ3) is 6.17. The number of hydrogen-bond acceptors (Lipinski definition) is 3. The highest BCUT2D eigenvalue weighted by atomic mass is 15.3. The first-order valence-corrected chi connectivity index (χ1v) is 10.8. The number of nitrogens with one attached hydrogen (secondary N) is 2. The minimum Gasteiger partial charge on any atom is -0.357 e. The minimum absolute atomic E-state index is 0.336. The molecule has 6 nitrogen and oxygen atoms in total. The smallest absolute Gasteiger partial charge is 0.191 e. The molecule has 0 aliphatic heterocycles. The van der Waals surface area contributed by atoms with E-state index in [0.717, 1.165) is 50.8 Å². The van der Waals surface area contributed by atoms with Crippen molar-refractivity contribution in [2.75, 3.05) is 19.6 Å². The SMILES string of the molecule is CCNC(=NCCC(c1ccccc1)c1ccccc1)NCCn1cnnc1CC. The van der Waals surface area contributed by atoms with Crippen molar-refractivity contribution in [3.63, 3.8) is 0 Å². The Balaban J connectivity index is 1.61. The summed E-state index contributed by atoms with van der Waals surface area (Å²) in [5.41, 5.74) is 2.66. The van der Waals surface area contributed by atoms with Crippen molar-refractivity contribution in [2.45, 2.75) is 39.2 Å². The minimum atomic E-state index is 0.336. The van der Waals surface area contributed by atoms with E-state index in [2.05, 4.69) is 99.9 Å². The molecule has 1 heterocycles. The van der Waals surface area contributed by atoms with Crippen molar-refractivity contribution < 1.29 is 0 Å². The fourth-order valence-electron chi connectivity index (χ4n) is 3.58. The predicted octanol–water partition coefficient (Wildman–Crippen LogP) is 3.62. The molecule has 0 saturated heterocycles. The van der Waals surface area contributed by atoms with Crippen LogP contribution in [0.1, 0.15) is 43.1 Å². The molecule has 0 atom stereocenters. The van der Waals surface area contributed by atoms with Crippen LogP contribution in [0.2, 0.25) is 0 Å². The zero-order valence-corrected chi connectivity index (χ0v) is 18.0. The Morgan fingerprint density at radius 3 is 2.23 bits per heavy atom. The molecule has 0 aliphatic rings. The van der Waals surface area contributed by atoms with Crippen LogP contribution in [0.3, 0.4) is 0 Å². The van der Waals surface area contributed by atoms with Crippen LogP contribution >= 0.6 is 0 Å². The highest BCUT2D eigenvalue weighted by Crippen LogP contribution is 2.27. The van der Waals surface area contributed by atoms with Crippen LogP contribution in [0.5, 0.6) is 0 Å². The van der Waals surface area contributed by atoms with Crippen molar-refractivity contribution in [2.24, 2.45) is 4.99 Å². The number of rotatable bonds is 10. The van der Waals surface area contributed by atoms with Gasteiger partial charge >= 0.3 is 0 Å². The second-order valence-corrected chi connectivity index (χ2v) is 7.14. The van der Waals surface area contributed by atoms with Crippen LogP contribution in [0, 0.1) is 0 Å². The average Bonchev–Trinajstić information content (AvgIpc) is 3.25. The molecule has 1 aromatic heterocycles. The maximum Gasteiger partial charge on any atom is 0.191 e. The number of hydrogen-bond donors (Lipinski definition) is 2. The molecule has 0 amide bonds. The van der Waals surface area contributed by atoms with Gasteiger partial charge in [-0.25, -0.2) is 0 Å². The van der Waals surface area contributed by atoms with Crippen LogP contribution in [-0.2, 0) is 13.0 Å². The summed E-state index contributed by atoms with van der Waals surface area (Å²) in [4.78, 5) is 4.82. The lowest BCUT2D eigenvalue weighted by atomic mass is 9.89. The molecule has 0 unspecified atom stereocenters. The zero-order chi connectivity index (χ0) is 21.0. The van der Waals surface area contributed by atoms with Crippen molar-refractivity contribution >= 4 is 5.96 Å². The Kier molecular flexibility index (Phi) is 8.45. The van der Waals surface area contributed by atoms with E-state index >= 15 is 0 Å². The second-order valence-electron chi connectivity index (χ2n) is 7.14. The topological polar surface area (TPSA) is 67.1 Å². The Morgan fingerprint density at radius 2 is 1.63 bits per heavy atom. The van der Waals surface area contributed by atoms with E-state index in [1.807, 2.05) is 0 Å². The lowest BCUT2D eigenvalue weighted by Gasteiger charge is -2.18. The van der Waals surface area contributed by atoms with Crippen LogP contribution in [0.25, 0.3) is 0 Å². The normalized spacial score (nSPS) is 11.6. The fourth-order valence-corrected chi connectivity index (χ4v) is 3.58. The van der Waals surface area contributed by atoms with Crippen LogP contribution in [0.4, 0.5) is 0 Å². The summed E-state index contributed by atoms with van der Waals surface area (Å²) in [5.74, 6) is 2.19. The molecule has 0 fully saturated rings. The van der Waals surface area contributed by atoms with Crippen LogP contribution in [0.15, 0.2) is 72.0 Å². The highest BCUT2D eigenvalue weighted by Gasteiger charge is 2.13. The first-order chi connectivity index (χ1) is 14.8. The van der Waals surface area contributed by atoms with E-state index in [-0.39, 0.29) is 0 Å². The van der Waals surface area contributed by atoms with Crippen molar-refractivity contribution in [1.29, 1.82) is 0 Å². The largest absolute Gasteiger partial charge is 0.357 e. The van der Waals surface area contributed by atoms with Crippen molar-refractivity contribution in [1.82, 2.24) is 25.4 Å². The van der Waals surface area contributed by atoms with E-state index in [4.69, 9.17) is 4.99 Å². The van der Waals surface area contributed by atoms with Gasteiger partial charge in [-0.3, -0.25) is 4.99 Å². The van der Waals surface area contributed by atoms with Gasteiger partial charge in [0.15, 0.2) is 5.96 Å². The highest BCUT2D eigenvalue weighted by molar-refractivity contribution is 5.79. The third-order valence-corrected chi connectivity index (χ3v) is 5.09. The molecule has 3 rings (SSSR count). The van der Waals surface area contributed by atoms with Gasteiger partial charge in [0.05, 0.1) is 0 Å². The van der Waals surface area contributed by atoms with Crippen molar-refractivity contribution in [3.8, 4) is 0 Å². The number of aromatic nitrogens is 3. The molecule has 6 heteroatoms. The maximum absolute atomic E-state index is 4.82. The van der Waals surface area contributed by atoms with Gasteiger partial charge in [-0.05, 0) is 24.5 Å². The average molecular weight is 405 g/mol. The third-order valence-electron chi connectivity index (χ3n) is 5.09. The quantitative estimate of drug-likeness (QED) is 0.400. The van der Waals surface area contributed by atoms with Gasteiger partial charge in [0, 0.05) is 38.5 Å². The van der Waals surface area contributed by atoms with E-state index in [1.54, 1.807) is 6.33 Å². The van der Waals surface area contributed by atoms with E-state index in [0.29, 0.717) is 5.92 Å². The molecule has 3 aromatic rings. The summed E-state index contributed by atoms with van der Waals surface area (Å²) in [7, 11) is 0. The van der Waals surface area contributed by atoms with Crippen molar-refractivity contribution in [3.05, 3.63) is 83.9 Å². The molecule has 0 radical (unpaired) electrons. The Bertz CT molecular complexity index is 849. The summed E-state index contributed by atoms with van der Waals surface area (Å²) in [6.07, 6.45) is 3.62. The van der Waals surface area contributed by atoms with Gasteiger partial charge in [-0.2, -0.15) is 0 Å². The molecule has 2 aromatic carbocycles. The lowest BCUT2D eigenvalue weighted by molar-refractivity contribution is 0.631. The summed E-state index contributed by atoms with van der Waals surface area (Å²) in [5, 5.41) is 14.9. The number of benzene rings is 2. The summed E-state index contributed by atoms with van der Waals surface area (Å²) >= 11 is 0. The van der Waals surface area contributed by atoms with Gasteiger partial charge in [0.1, 0.15) is 12.2 Å². The van der Waals surface area contributed by atoms with Gasteiger partial charge in [-0.1, -0.05) is 67.6 Å². The number of aryl methyl sites for hydroxylation is 1. The zero-order valence-electron chi connectivity index (χ0n) is 18.0. The van der Waals surface area contributed by atoms with E-state index in [9.17, 15) is 0 Å². The Morgan fingerprint density at radius 1 is 0.967 bits per heavy atom. The molecular formula is C24H32N6. The standard InChI is InChI=1S/C24H32N6/c1-3-23-29-28-19-30(23)18-17-27-24(25-4-2)26-16-15-22(20-11-7-5-8-12-20)21-13-9-6-10-14-21/h5-14,19,22H,3-4,15-18H2,1-2H3,(H2,25,26,27). The summed E-state index contributed by atoms with van der Waals surface area (Å²) in [6, 6.07) is 21.4. The van der Waals surface area contributed by atoms with E-state index in [1.165, 1.54) is 11.1 Å². The van der Waals surface area contributed by atoms with Gasteiger partial charge in [-0.15, -0.1) is 10.2 Å². The summed E-state index contributed by atoms with van der Waals surface area (Å²) in [6.45, 7) is 7.35. The molecule has 0 aliphatic carbocycles. The molecular weight excluding hydrogens is 372 g/mol. The number of aliphatic imine (C=N–C) groups is 1. The molecule has 158 valence electrons. The number of guanidine groups is 1. The molecule has 0 bridgehead atoms. The Hall–Kier alpha value is -3.15. The second kappa shape index (κ2) is 11.8. The number of nitrogens with zero attached hydrogens (tertiary/aromatic N) is 4. The van der Waals surface area contributed by atoms with Gasteiger partial charge in [0.25, 0.3) is 0 Å². The molecule has 30 heavy (non-hydrogen) atoms. The lowest BCUT2D eigenvalue weighted by Crippen LogP contribution is -2.39. The predicted molar refractivity (Wildman–Crippen MR) is 123 cm³/mol. The molecule has 0 saturated carbocycles. The first kappa shape index (κ1) is 21.6. The maximum atomic E-state index is 4.82. The van der Waals surface area contributed by atoms with Gasteiger partial charge in [0.2, 0.25) is 0 Å². The van der Waals surface area contributed by atoms with Crippen LogP contribution in [-0.4, -0.2) is 40.4 Å². The molecule has 2 N–H and O–H groups in total. The Labute approximate surface area is 179 Å². The fraction of sp³-hybridized carbons (Fsp3) is 0.375.